The van der Waals surface area contributed by atoms with Crippen molar-refractivity contribution in [2.24, 2.45) is 28.6 Å². The molecule has 3 aliphatic rings. The highest BCUT2D eigenvalue weighted by Gasteiger charge is 2.67. The van der Waals surface area contributed by atoms with Gasteiger partial charge in [0.15, 0.2) is 0 Å². The molecule has 17 heavy (non-hydrogen) atoms. The fraction of sp³-hybridized carbons (Fsp3) is 0.857. The highest BCUT2D eigenvalue weighted by Crippen LogP contribution is 2.70. The zero-order chi connectivity index (χ0) is 12.4. The first kappa shape index (κ1) is 11.2. The lowest BCUT2D eigenvalue weighted by molar-refractivity contribution is -0.149. The van der Waals surface area contributed by atoms with Gasteiger partial charge in [-0.15, -0.1) is 0 Å². The van der Waals surface area contributed by atoms with Gasteiger partial charge in [0.05, 0.1) is 5.92 Å². The van der Waals surface area contributed by atoms with E-state index in [0.29, 0.717) is 30.5 Å². The van der Waals surface area contributed by atoms with Crippen LogP contribution in [0.5, 0.6) is 0 Å². The topological polar surface area (TPSA) is 54.4 Å². The molecule has 4 atom stereocenters. The van der Waals surface area contributed by atoms with E-state index in [1.807, 2.05) is 0 Å². The van der Waals surface area contributed by atoms with Gasteiger partial charge in [-0.05, 0) is 41.9 Å². The van der Waals surface area contributed by atoms with Crippen LogP contribution in [0.15, 0.2) is 0 Å². The molecule has 94 valence electrons. The third-order valence-corrected chi connectivity index (χ3v) is 5.74. The second-order valence-corrected chi connectivity index (χ2v) is 7.00. The maximum absolute atomic E-state index is 11.8. The molecule has 0 saturated heterocycles. The Bertz CT molecular complexity index is 398. The first-order valence-electron chi connectivity index (χ1n) is 6.61. The number of hydrogen-bond donors (Lipinski definition) is 1. The van der Waals surface area contributed by atoms with Crippen molar-refractivity contribution in [1.82, 2.24) is 0 Å². The van der Waals surface area contributed by atoms with Crippen molar-refractivity contribution >= 4 is 11.8 Å². The summed E-state index contributed by atoms with van der Waals surface area (Å²) >= 11 is 0. The molecule has 0 amide bonds. The summed E-state index contributed by atoms with van der Waals surface area (Å²) < 4.78 is 0. The molecule has 0 aromatic rings. The van der Waals surface area contributed by atoms with Crippen LogP contribution in [-0.2, 0) is 9.59 Å². The number of carboxylic acids is 1. The molecular weight excluding hydrogens is 216 g/mol. The summed E-state index contributed by atoms with van der Waals surface area (Å²) in [7, 11) is 0. The number of ketones is 1. The number of rotatable bonds is 1. The van der Waals surface area contributed by atoms with Crippen molar-refractivity contribution in [3.63, 3.8) is 0 Å². The van der Waals surface area contributed by atoms with Gasteiger partial charge in [-0.2, -0.15) is 0 Å². The van der Waals surface area contributed by atoms with Crippen molar-refractivity contribution in [3.8, 4) is 0 Å². The highest BCUT2D eigenvalue weighted by atomic mass is 16.4. The lowest BCUT2D eigenvalue weighted by Crippen LogP contribution is -2.40. The molecule has 0 radical (unpaired) electrons. The standard InChI is InChI=1S/C14H20O3/c1-13(2)7-14-6-8(15)5-11(14)9(13)3-4-10(14)12(16)17/h9-11H,3-7H2,1-2H3,(H,16,17)/t9-,10+,11+,14-/m1/s1. The van der Waals surface area contributed by atoms with Crippen molar-refractivity contribution in [2.45, 2.75) is 46.0 Å². The van der Waals surface area contributed by atoms with Gasteiger partial charge < -0.3 is 5.11 Å². The molecular formula is C14H20O3. The van der Waals surface area contributed by atoms with Gasteiger partial charge in [0.1, 0.15) is 5.78 Å². The minimum absolute atomic E-state index is 0.199. The van der Waals surface area contributed by atoms with E-state index in [1.54, 1.807) is 0 Å². The normalized spacial score (nSPS) is 46.9. The Balaban J connectivity index is 2.07. The molecule has 0 aliphatic heterocycles. The predicted octanol–water partition coefficient (Wildman–Crippen LogP) is 2.49. The Morgan fingerprint density at radius 1 is 1.29 bits per heavy atom. The molecule has 2 bridgehead atoms. The number of hydrogen-bond acceptors (Lipinski definition) is 2. The van der Waals surface area contributed by atoms with Gasteiger partial charge in [0.25, 0.3) is 0 Å². The summed E-state index contributed by atoms with van der Waals surface area (Å²) in [6.07, 6.45) is 3.85. The van der Waals surface area contributed by atoms with Gasteiger partial charge in [0.2, 0.25) is 0 Å². The molecule has 0 spiro atoms. The van der Waals surface area contributed by atoms with E-state index < -0.39 is 5.97 Å². The Kier molecular flexibility index (Phi) is 2.06. The van der Waals surface area contributed by atoms with E-state index in [1.165, 1.54) is 0 Å². The van der Waals surface area contributed by atoms with Gasteiger partial charge in [-0.1, -0.05) is 13.8 Å². The van der Waals surface area contributed by atoms with Crippen LogP contribution in [0.1, 0.15) is 46.0 Å². The van der Waals surface area contributed by atoms with E-state index >= 15 is 0 Å². The number of carboxylic acid groups (broad SMARTS) is 1. The third-order valence-electron chi connectivity index (χ3n) is 5.74. The monoisotopic (exact) mass is 236 g/mol. The average Bonchev–Trinajstić information content (AvgIpc) is 2.54. The van der Waals surface area contributed by atoms with Gasteiger partial charge in [-0.25, -0.2) is 0 Å². The molecule has 0 heterocycles. The minimum atomic E-state index is -0.680. The summed E-state index contributed by atoms with van der Waals surface area (Å²) in [6.45, 7) is 4.51. The van der Waals surface area contributed by atoms with E-state index in [4.69, 9.17) is 0 Å². The average molecular weight is 236 g/mol. The molecule has 3 saturated carbocycles. The van der Waals surface area contributed by atoms with Crippen LogP contribution >= 0.6 is 0 Å². The number of carbonyl (C=O) groups excluding carboxylic acids is 1. The maximum Gasteiger partial charge on any atom is 0.307 e. The van der Waals surface area contributed by atoms with Crippen LogP contribution in [0, 0.1) is 28.6 Å². The van der Waals surface area contributed by atoms with E-state index in [0.717, 1.165) is 19.3 Å². The SMILES string of the molecule is CC1(C)C[C@@]23CC(=O)C[C@H]2[C@H]1CC[C@H]3C(=O)O. The fourth-order valence-electron chi connectivity index (χ4n) is 5.38. The number of carbonyl (C=O) groups is 2. The van der Waals surface area contributed by atoms with Crippen LogP contribution in [-0.4, -0.2) is 16.9 Å². The molecule has 1 N–H and O–H groups in total. The fourth-order valence-corrected chi connectivity index (χ4v) is 5.38. The summed E-state index contributed by atoms with van der Waals surface area (Å²) in [5.41, 5.74) is 0.0187. The molecule has 3 heteroatoms. The molecule has 3 nitrogen and oxygen atoms in total. The molecule has 0 aromatic carbocycles. The van der Waals surface area contributed by atoms with Crippen LogP contribution in [0.3, 0.4) is 0 Å². The Morgan fingerprint density at radius 2 is 2.00 bits per heavy atom. The Hall–Kier alpha value is -0.860. The Morgan fingerprint density at radius 3 is 2.65 bits per heavy atom. The van der Waals surface area contributed by atoms with Crippen molar-refractivity contribution in [2.75, 3.05) is 0 Å². The van der Waals surface area contributed by atoms with Crippen LogP contribution in [0.2, 0.25) is 0 Å². The van der Waals surface area contributed by atoms with E-state index in [-0.39, 0.29) is 16.7 Å². The largest absolute Gasteiger partial charge is 0.481 e. The summed E-state index contributed by atoms with van der Waals surface area (Å²) in [4.78, 5) is 23.3. The van der Waals surface area contributed by atoms with Crippen molar-refractivity contribution in [1.29, 1.82) is 0 Å². The van der Waals surface area contributed by atoms with Crippen molar-refractivity contribution < 1.29 is 14.7 Å². The Labute approximate surface area is 102 Å². The van der Waals surface area contributed by atoms with Gasteiger partial charge >= 0.3 is 5.97 Å². The van der Waals surface area contributed by atoms with Crippen LogP contribution in [0.4, 0.5) is 0 Å². The zero-order valence-corrected chi connectivity index (χ0v) is 10.5. The van der Waals surface area contributed by atoms with Crippen molar-refractivity contribution in [3.05, 3.63) is 0 Å². The third kappa shape index (κ3) is 1.28. The number of Topliss-reactive ketones (excluding diaryl/α,β-unsaturated/α-hetero) is 1. The quantitative estimate of drug-likeness (QED) is 0.761. The lowest BCUT2D eigenvalue weighted by atomic mass is 9.62. The summed E-state index contributed by atoms with van der Waals surface area (Å²) in [6, 6.07) is 0. The lowest BCUT2D eigenvalue weighted by Gasteiger charge is -2.40. The van der Waals surface area contributed by atoms with E-state index in [9.17, 15) is 14.7 Å². The second kappa shape index (κ2) is 3.12. The molecule has 3 rings (SSSR count). The highest BCUT2D eigenvalue weighted by molar-refractivity contribution is 5.84. The summed E-state index contributed by atoms with van der Waals surface area (Å²) in [5, 5.41) is 9.45. The maximum atomic E-state index is 11.8. The second-order valence-electron chi connectivity index (χ2n) is 7.00. The predicted molar refractivity (Wildman–Crippen MR) is 62.4 cm³/mol. The minimum Gasteiger partial charge on any atom is -0.481 e. The molecule has 0 aromatic heterocycles. The first-order valence-corrected chi connectivity index (χ1v) is 6.61. The van der Waals surface area contributed by atoms with Gasteiger partial charge in [0, 0.05) is 12.8 Å². The first-order chi connectivity index (χ1) is 7.87. The van der Waals surface area contributed by atoms with Crippen LogP contribution in [0.25, 0.3) is 0 Å². The molecule has 0 unspecified atom stereocenters. The molecule has 3 aliphatic carbocycles. The van der Waals surface area contributed by atoms with Crippen LogP contribution < -0.4 is 0 Å². The van der Waals surface area contributed by atoms with E-state index in [2.05, 4.69) is 13.8 Å². The summed E-state index contributed by atoms with van der Waals surface area (Å²) in [5.74, 6) is 0.242. The molecule has 3 fully saturated rings. The smallest absolute Gasteiger partial charge is 0.307 e. The number of aliphatic carboxylic acids is 1. The zero-order valence-electron chi connectivity index (χ0n) is 10.5. The van der Waals surface area contributed by atoms with Gasteiger partial charge in [-0.3, -0.25) is 9.59 Å².